The Morgan fingerprint density at radius 3 is 2.51 bits per heavy atom. The number of aromatic nitrogens is 2. The monoisotopic (exact) mass is 508 g/mol. The summed E-state index contributed by atoms with van der Waals surface area (Å²) in [5, 5.41) is 7.36. The van der Waals surface area contributed by atoms with Gasteiger partial charge in [-0.05, 0) is 66.8 Å². The molecule has 2 heterocycles. The summed E-state index contributed by atoms with van der Waals surface area (Å²) in [6.45, 7) is 0. The highest BCUT2D eigenvalue weighted by atomic mass is 32.2. The van der Waals surface area contributed by atoms with Gasteiger partial charge in [-0.1, -0.05) is 12.1 Å². The summed E-state index contributed by atoms with van der Waals surface area (Å²) in [6.07, 6.45) is 4.37. The van der Waals surface area contributed by atoms with Crippen molar-refractivity contribution in [3.8, 4) is 17.1 Å². The number of nitrogens with zero attached hydrogens (tertiary/aromatic N) is 3. The molecule has 0 radical (unpaired) electrons. The summed E-state index contributed by atoms with van der Waals surface area (Å²) in [4.78, 5) is 7.81. The number of benzene rings is 2. The third-order valence-electron chi connectivity index (χ3n) is 4.58. The maximum absolute atomic E-state index is 12.5. The zero-order valence-corrected chi connectivity index (χ0v) is 20.0. The first-order valence-corrected chi connectivity index (χ1v) is 12.1. The van der Waals surface area contributed by atoms with Crippen LogP contribution >= 0.6 is 12.2 Å². The summed E-state index contributed by atoms with van der Waals surface area (Å²) >= 11 is 5.24. The van der Waals surface area contributed by atoms with E-state index in [4.69, 9.17) is 21.4 Å². The Bertz CT molecular complexity index is 1440. The van der Waals surface area contributed by atoms with Crippen molar-refractivity contribution in [2.45, 2.75) is 4.90 Å². The predicted molar refractivity (Wildman–Crippen MR) is 137 cm³/mol. The topological polar surface area (TPSA) is 131 Å². The second kappa shape index (κ2) is 10.8. The molecule has 0 atom stereocenters. The van der Waals surface area contributed by atoms with Crippen molar-refractivity contribution in [3.63, 3.8) is 0 Å². The molecule has 12 heteroatoms. The predicted octanol–water partition coefficient (Wildman–Crippen LogP) is 3.87. The van der Waals surface area contributed by atoms with E-state index in [1.807, 2.05) is 24.3 Å². The van der Waals surface area contributed by atoms with Gasteiger partial charge in [0.1, 0.15) is 17.3 Å². The summed E-state index contributed by atoms with van der Waals surface area (Å²) in [5.74, 6) is 1.67. The fraction of sp³-hybridized carbons (Fsp3) is 0.0435. The molecule has 4 rings (SSSR count). The summed E-state index contributed by atoms with van der Waals surface area (Å²) in [6, 6.07) is 18.7. The summed E-state index contributed by atoms with van der Waals surface area (Å²) < 4.78 is 38.4. The van der Waals surface area contributed by atoms with Gasteiger partial charge in [0.05, 0.1) is 23.9 Å². The molecule has 0 aliphatic heterocycles. The largest absolute Gasteiger partial charge is 0.495 e. The van der Waals surface area contributed by atoms with Gasteiger partial charge in [-0.3, -0.25) is 5.43 Å². The van der Waals surface area contributed by atoms with Crippen LogP contribution in [0.4, 0.5) is 11.6 Å². The van der Waals surface area contributed by atoms with E-state index in [0.717, 1.165) is 0 Å². The molecule has 0 saturated carbocycles. The molecule has 3 N–H and O–H groups in total. The van der Waals surface area contributed by atoms with Crippen LogP contribution in [0.3, 0.4) is 0 Å². The molecule has 0 spiro atoms. The highest BCUT2D eigenvalue weighted by Gasteiger charge is 2.16. The zero-order valence-electron chi connectivity index (χ0n) is 18.4. The average Bonchev–Trinajstić information content (AvgIpc) is 3.34. The third kappa shape index (κ3) is 6.19. The lowest BCUT2D eigenvalue weighted by Gasteiger charge is -2.10. The summed E-state index contributed by atoms with van der Waals surface area (Å²) in [5.41, 5.74) is 4.12. The molecular formula is C23H20N6O4S2. The number of sulfonamides is 1. The van der Waals surface area contributed by atoms with E-state index in [-0.39, 0.29) is 16.0 Å². The summed E-state index contributed by atoms with van der Waals surface area (Å²) in [7, 11) is -2.24. The Morgan fingerprint density at radius 2 is 1.77 bits per heavy atom. The Labute approximate surface area is 207 Å². The minimum Gasteiger partial charge on any atom is -0.495 e. The number of furan rings is 1. The smallest absolute Gasteiger partial charge is 0.264 e. The molecular weight excluding hydrogens is 488 g/mol. The molecule has 4 aromatic rings. The Hall–Kier alpha value is -4.29. The highest BCUT2D eigenvalue weighted by molar-refractivity contribution is 7.92. The number of ether oxygens (including phenoxy) is 1. The van der Waals surface area contributed by atoms with Gasteiger partial charge in [-0.25, -0.2) is 23.1 Å². The van der Waals surface area contributed by atoms with Crippen molar-refractivity contribution in [2.24, 2.45) is 5.10 Å². The van der Waals surface area contributed by atoms with Gasteiger partial charge in [0.2, 0.25) is 5.95 Å². The maximum atomic E-state index is 12.5. The molecule has 10 nitrogen and oxygen atoms in total. The van der Waals surface area contributed by atoms with Crippen LogP contribution in [0.5, 0.6) is 5.75 Å². The second-order valence-electron chi connectivity index (χ2n) is 6.93. The van der Waals surface area contributed by atoms with E-state index in [0.29, 0.717) is 28.5 Å². The molecule has 178 valence electrons. The van der Waals surface area contributed by atoms with E-state index in [1.165, 1.54) is 30.7 Å². The van der Waals surface area contributed by atoms with Crippen molar-refractivity contribution >= 4 is 45.2 Å². The zero-order chi connectivity index (χ0) is 24.7. The second-order valence-corrected chi connectivity index (χ2v) is 9.02. The van der Waals surface area contributed by atoms with Crippen LogP contribution in [-0.2, 0) is 10.0 Å². The van der Waals surface area contributed by atoms with Gasteiger partial charge in [-0.2, -0.15) is 5.10 Å². The quantitative estimate of drug-likeness (QED) is 0.184. The SMILES string of the molecule is COc1ccccc1NC(=S)N/N=C/c1ccc(-c2ccc(S(=O)(=O)Nc3ncccn3)cc2)o1. The molecule has 2 aromatic heterocycles. The van der Waals surface area contributed by atoms with Crippen molar-refractivity contribution in [3.05, 3.63) is 84.9 Å². The first-order chi connectivity index (χ1) is 16.9. The Balaban J connectivity index is 1.36. The number of hydrogen-bond acceptors (Lipinski definition) is 8. The normalized spacial score (nSPS) is 11.2. The van der Waals surface area contributed by atoms with Gasteiger partial charge in [-0.15, -0.1) is 0 Å². The number of para-hydroxylation sites is 2. The molecule has 0 fully saturated rings. The van der Waals surface area contributed by atoms with Gasteiger partial charge < -0.3 is 14.5 Å². The fourth-order valence-electron chi connectivity index (χ4n) is 2.96. The van der Waals surface area contributed by atoms with Crippen molar-refractivity contribution in [2.75, 3.05) is 17.1 Å². The molecule has 2 aromatic carbocycles. The van der Waals surface area contributed by atoms with Crippen LogP contribution in [0.25, 0.3) is 11.3 Å². The molecule has 0 unspecified atom stereocenters. The van der Waals surface area contributed by atoms with E-state index in [2.05, 4.69) is 30.5 Å². The van der Waals surface area contributed by atoms with Crippen LogP contribution < -0.4 is 20.2 Å². The van der Waals surface area contributed by atoms with Crippen molar-refractivity contribution < 1.29 is 17.6 Å². The van der Waals surface area contributed by atoms with E-state index in [1.54, 1.807) is 37.4 Å². The van der Waals surface area contributed by atoms with E-state index in [9.17, 15) is 8.42 Å². The standard InChI is InChI=1S/C23H20N6O4S2/c1-32-21-6-3-2-5-19(21)27-23(34)28-26-15-17-9-12-20(33-17)16-7-10-18(11-8-16)35(30,31)29-22-24-13-4-14-25-22/h2-15H,1H3,(H,24,25,29)(H2,27,28,34)/b26-15+. The first-order valence-electron chi connectivity index (χ1n) is 10.2. The minimum atomic E-state index is -3.82. The van der Waals surface area contributed by atoms with Crippen LogP contribution in [-0.4, -0.2) is 36.8 Å². The average molecular weight is 509 g/mol. The maximum Gasteiger partial charge on any atom is 0.264 e. The number of hydrogen-bond donors (Lipinski definition) is 3. The van der Waals surface area contributed by atoms with Crippen LogP contribution in [0, 0.1) is 0 Å². The number of hydrazone groups is 1. The Kier molecular flexibility index (Phi) is 7.33. The molecule has 35 heavy (non-hydrogen) atoms. The number of rotatable bonds is 8. The lowest BCUT2D eigenvalue weighted by Crippen LogP contribution is -2.24. The molecule has 0 saturated heterocycles. The van der Waals surface area contributed by atoms with Crippen LogP contribution in [0.2, 0.25) is 0 Å². The molecule has 0 amide bonds. The van der Waals surface area contributed by atoms with E-state index < -0.39 is 10.0 Å². The molecule has 0 bridgehead atoms. The van der Waals surface area contributed by atoms with Crippen molar-refractivity contribution in [1.29, 1.82) is 0 Å². The van der Waals surface area contributed by atoms with Gasteiger partial charge in [0, 0.05) is 18.0 Å². The van der Waals surface area contributed by atoms with Gasteiger partial charge >= 0.3 is 0 Å². The van der Waals surface area contributed by atoms with Crippen molar-refractivity contribution in [1.82, 2.24) is 15.4 Å². The number of methoxy groups -OCH3 is 1. The molecule has 0 aliphatic rings. The highest BCUT2D eigenvalue weighted by Crippen LogP contribution is 2.24. The number of thiocarbonyl (C=S) groups is 1. The number of nitrogens with one attached hydrogen (secondary N) is 3. The van der Waals surface area contributed by atoms with Gasteiger partial charge in [0.15, 0.2) is 5.11 Å². The van der Waals surface area contributed by atoms with Gasteiger partial charge in [0.25, 0.3) is 10.0 Å². The third-order valence-corrected chi connectivity index (χ3v) is 6.12. The molecule has 0 aliphatic carbocycles. The minimum absolute atomic E-state index is 0.00210. The fourth-order valence-corrected chi connectivity index (χ4v) is 4.08. The first kappa shape index (κ1) is 23.9. The lowest BCUT2D eigenvalue weighted by molar-refractivity contribution is 0.417. The lowest BCUT2D eigenvalue weighted by atomic mass is 10.2. The number of anilines is 2. The van der Waals surface area contributed by atoms with E-state index >= 15 is 0 Å². The van der Waals surface area contributed by atoms with Crippen LogP contribution in [0.15, 0.2) is 93.5 Å². The van der Waals surface area contributed by atoms with Crippen LogP contribution in [0.1, 0.15) is 5.76 Å². The Morgan fingerprint density at radius 1 is 1.03 bits per heavy atom.